The van der Waals surface area contributed by atoms with E-state index < -0.39 is 18.2 Å². The lowest BCUT2D eigenvalue weighted by Crippen LogP contribution is -2.21. The van der Waals surface area contributed by atoms with Gasteiger partial charge in [-0.1, -0.05) is 168 Å². The number of aliphatic carboxylic acids is 1. The average molecular weight is 719 g/mol. The average Bonchev–Trinajstić information content (AvgIpc) is 3.08. The molecular formula is C41H82O9. The largest absolute Gasteiger partial charge is 0.479 e. The van der Waals surface area contributed by atoms with Crippen molar-refractivity contribution in [3.05, 3.63) is 0 Å². The first kappa shape index (κ1) is 52.6. The van der Waals surface area contributed by atoms with Gasteiger partial charge in [-0.05, 0) is 33.6 Å². The second-order valence-corrected chi connectivity index (χ2v) is 14.1. The molecule has 300 valence electrons. The van der Waals surface area contributed by atoms with E-state index >= 15 is 0 Å². The zero-order valence-corrected chi connectivity index (χ0v) is 33.3. The van der Waals surface area contributed by atoms with E-state index in [1.165, 1.54) is 155 Å². The number of carboxylic acids is 1. The summed E-state index contributed by atoms with van der Waals surface area (Å²) in [6.45, 7) is 9.06. The molecule has 0 spiro atoms. The summed E-state index contributed by atoms with van der Waals surface area (Å²) in [6.07, 6.45) is 32.9. The van der Waals surface area contributed by atoms with E-state index in [2.05, 4.69) is 13.8 Å². The molecule has 2 atom stereocenters. The van der Waals surface area contributed by atoms with Crippen molar-refractivity contribution in [2.24, 2.45) is 0 Å². The first-order valence-corrected chi connectivity index (χ1v) is 20.6. The van der Waals surface area contributed by atoms with E-state index in [0.29, 0.717) is 12.8 Å². The molecule has 4 N–H and O–H groups in total. The molecule has 0 aromatic heterocycles. The van der Waals surface area contributed by atoms with Crippen molar-refractivity contribution in [1.82, 2.24) is 0 Å². The third-order valence-corrected chi connectivity index (χ3v) is 8.34. The van der Waals surface area contributed by atoms with Crippen LogP contribution in [0.4, 0.5) is 0 Å². The standard InChI is InChI=1S/C19H38O4.C19H38O2.C3H6O3/c1-2-3-4-5-6-7-8-9-10-11-12-13-14-15-19(22)23-17-18(21)16-20;1-4-5-6-7-8-9-10-11-12-13-14-15-16-17-19(20)21-18(2)3;1-2(4)3(5)6/h18,20-21H,2-17H2,1H3;18H,4-17H2,1-3H3;2,4H,1H3,(H,5,6). The van der Waals surface area contributed by atoms with E-state index in [4.69, 9.17) is 29.9 Å². The summed E-state index contributed by atoms with van der Waals surface area (Å²) >= 11 is 0. The lowest BCUT2D eigenvalue weighted by Gasteiger charge is -2.08. The fourth-order valence-corrected chi connectivity index (χ4v) is 5.21. The van der Waals surface area contributed by atoms with Crippen LogP contribution < -0.4 is 0 Å². The van der Waals surface area contributed by atoms with Gasteiger partial charge in [-0.25, -0.2) is 4.79 Å². The van der Waals surface area contributed by atoms with Gasteiger partial charge in [0.25, 0.3) is 0 Å². The molecule has 0 aromatic rings. The first-order valence-electron chi connectivity index (χ1n) is 20.6. The van der Waals surface area contributed by atoms with Crippen LogP contribution in [0.15, 0.2) is 0 Å². The van der Waals surface area contributed by atoms with Crippen LogP contribution in [0.1, 0.15) is 214 Å². The summed E-state index contributed by atoms with van der Waals surface area (Å²) in [4.78, 5) is 32.1. The number of rotatable bonds is 33. The molecule has 0 aliphatic carbocycles. The molecule has 0 heterocycles. The van der Waals surface area contributed by atoms with Gasteiger partial charge in [0.1, 0.15) is 18.8 Å². The summed E-state index contributed by atoms with van der Waals surface area (Å²) in [6, 6.07) is 0. The van der Waals surface area contributed by atoms with Crippen molar-refractivity contribution in [3.63, 3.8) is 0 Å². The highest BCUT2D eigenvalue weighted by molar-refractivity contribution is 5.71. The predicted molar refractivity (Wildman–Crippen MR) is 205 cm³/mol. The maximum absolute atomic E-state index is 11.3. The third-order valence-electron chi connectivity index (χ3n) is 8.34. The number of carbonyl (C=O) groups is 3. The number of aliphatic hydroxyl groups excluding tert-OH is 3. The highest BCUT2D eigenvalue weighted by Gasteiger charge is 2.07. The number of ether oxygens (including phenoxy) is 2. The lowest BCUT2D eigenvalue weighted by molar-refractivity contribution is -0.148. The monoisotopic (exact) mass is 719 g/mol. The molecule has 2 unspecified atom stereocenters. The van der Waals surface area contributed by atoms with Crippen LogP contribution in [0.2, 0.25) is 0 Å². The number of carboxylic acid groups (broad SMARTS) is 1. The van der Waals surface area contributed by atoms with Crippen molar-refractivity contribution in [2.75, 3.05) is 13.2 Å². The summed E-state index contributed by atoms with van der Waals surface area (Å²) in [7, 11) is 0. The number of hydrogen-bond acceptors (Lipinski definition) is 8. The topological polar surface area (TPSA) is 151 Å². The molecule has 0 saturated heterocycles. The summed E-state index contributed by atoms with van der Waals surface area (Å²) in [5.74, 6) is -1.50. The SMILES string of the molecule is CC(O)C(=O)O.CCCCCCCCCCCCCCCC(=O)OC(C)C.CCCCCCCCCCCCCCCC(=O)OCC(O)CO. The minimum atomic E-state index is -1.23. The Balaban J connectivity index is -0.000000761. The van der Waals surface area contributed by atoms with Gasteiger partial charge in [0.05, 0.1) is 12.7 Å². The minimum absolute atomic E-state index is 0.0273. The van der Waals surface area contributed by atoms with Crippen LogP contribution in [0, 0.1) is 0 Å². The van der Waals surface area contributed by atoms with Crippen molar-refractivity contribution in [3.8, 4) is 0 Å². The van der Waals surface area contributed by atoms with E-state index in [1.807, 2.05) is 13.8 Å². The van der Waals surface area contributed by atoms with Gasteiger partial charge in [-0.15, -0.1) is 0 Å². The maximum Gasteiger partial charge on any atom is 0.332 e. The number of hydrogen-bond donors (Lipinski definition) is 4. The number of unbranched alkanes of at least 4 members (excludes halogenated alkanes) is 24. The Hall–Kier alpha value is -1.71. The molecule has 0 aliphatic heterocycles. The Morgan fingerprint density at radius 2 is 0.780 bits per heavy atom. The highest BCUT2D eigenvalue weighted by Crippen LogP contribution is 2.14. The van der Waals surface area contributed by atoms with Crippen molar-refractivity contribution in [1.29, 1.82) is 0 Å². The van der Waals surface area contributed by atoms with Crippen LogP contribution in [0.3, 0.4) is 0 Å². The number of aliphatic hydroxyl groups is 3. The van der Waals surface area contributed by atoms with Gasteiger partial charge in [0.2, 0.25) is 0 Å². The molecule has 0 radical (unpaired) electrons. The number of esters is 2. The fraction of sp³-hybridized carbons (Fsp3) is 0.927. The van der Waals surface area contributed by atoms with Gasteiger partial charge in [-0.2, -0.15) is 0 Å². The van der Waals surface area contributed by atoms with E-state index in [1.54, 1.807) is 0 Å². The minimum Gasteiger partial charge on any atom is -0.479 e. The fourth-order valence-electron chi connectivity index (χ4n) is 5.21. The lowest BCUT2D eigenvalue weighted by atomic mass is 10.0. The Labute approximate surface area is 307 Å². The Morgan fingerprint density at radius 1 is 0.500 bits per heavy atom. The van der Waals surface area contributed by atoms with Gasteiger partial charge in [0, 0.05) is 12.8 Å². The molecule has 0 bridgehead atoms. The van der Waals surface area contributed by atoms with Gasteiger partial charge in [0.15, 0.2) is 0 Å². The summed E-state index contributed by atoms with van der Waals surface area (Å²) in [5, 5.41) is 33.4. The maximum atomic E-state index is 11.3. The molecule has 0 aromatic carbocycles. The second-order valence-electron chi connectivity index (χ2n) is 14.1. The molecule has 0 saturated carbocycles. The van der Waals surface area contributed by atoms with Crippen molar-refractivity contribution in [2.45, 2.75) is 233 Å². The molecule has 9 heteroatoms. The van der Waals surface area contributed by atoms with Crippen LogP contribution in [0.5, 0.6) is 0 Å². The van der Waals surface area contributed by atoms with Crippen LogP contribution >= 0.6 is 0 Å². The highest BCUT2D eigenvalue weighted by atomic mass is 16.5. The molecule has 9 nitrogen and oxygen atoms in total. The molecule has 0 rings (SSSR count). The molecular weight excluding hydrogens is 636 g/mol. The van der Waals surface area contributed by atoms with E-state index in [0.717, 1.165) is 19.3 Å². The van der Waals surface area contributed by atoms with E-state index in [9.17, 15) is 14.4 Å². The smallest absolute Gasteiger partial charge is 0.332 e. The quantitative estimate of drug-likeness (QED) is 0.0384. The second kappa shape index (κ2) is 43.5. The summed E-state index contributed by atoms with van der Waals surface area (Å²) in [5.41, 5.74) is 0. The molecule has 0 amide bonds. The van der Waals surface area contributed by atoms with Crippen molar-refractivity contribution >= 4 is 17.9 Å². The Bertz CT molecular complexity index is 712. The summed E-state index contributed by atoms with van der Waals surface area (Å²) < 4.78 is 9.97. The molecule has 0 fully saturated rings. The zero-order chi connectivity index (χ0) is 38.1. The first-order chi connectivity index (χ1) is 24.0. The third kappa shape index (κ3) is 50.7. The van der Waals surface area contributed by atoms with Crippen LogP contribution in [-0.4, -0.2) is 69.9 Å². The number of carbonyl (C=O) groups excluding carboxylic acids is 2. The molecule has 50 heavy (non-hydrogen) atoms. The zero-order valence-electron chi connectivity index (χ0n) is 33.3. The van der Waals surface area contributed by atoms with Gasteiger partial charge < -0.3 is 29.9 Å². The Kier molecular flexibility index (Phi) is 45.8. The van der Waals surface area contributed by atoms with Crippen molar-refractivity contribution < 1.29 is 44.3 Å². The van der Waals surface area contributed by atoms with Crippen LogP contribution in [0.25, 0.3) is 0 Å². The Morgan fingerprint density at radius 3 is 1.04 bits per heavy atom. The predicted octanol–water partition coefficient (Wildman–Crippen LogP) is 10.2. The van der Waals surface area contributed by atoms with Crippen LogP contribution in [-0.2, 0) is 23.9 Å². The molecule has 0 aliphatic rings. The van der Waals surface area contributed by atoms with E-state index in [-0.39, 0.29) is 31.3 Å². The van der Waals surface area contributed by atoms with Gasteiger partial charge >= 0.3 is 17.9 Å². The normalized spacial score (nSPS) is 11.9. The van der Waals surface area contributed by atoms with Gasteiger partial charge in [-0.3, -0.25) is 9.59 Å².